The highest BCUT2D eigenvalue weighted by Crippen LogP contribution is 2.27. The SMILES string of the molecule is CN(C)CCN1CCN(c2cccc(Cl)c2CN)CC1. The van der Waals surface area contributed by atoms with Crippen LogP contribution in [-0.4, -0.2) is 63.2 Å². The highest BCUT2D eigenvalue weighted by molar-refractivity contribution is 6.31. The lowest BCUT2D eigenvalue weighted by Crippen LogP contribution is -2.48. The van der Waals surface area contributed by atoms with Crippen LogP contribution in [0.3, 0.4) is 0 Å². The number of hydrogen-bond donors (Lipinski definition) is 1. The number of likely N-dealkylation sites (N-methyl/N-ethyl adjacent to an activating group) is 1. The van der Waals surface area contributed by atoms with Crippen molar-refractivity contribution in [3.05, 3.63) is 28.8 Å². The first kappa shape index (κ1) is 15.6. The second kappa shape index (κ2) is 7.27. The van der Waals surface area contributed by atoms with Crippen molar-refractivity contribution in [2.75, 3.05) is 58.3 Å². The van der Waals surface area contributed by atoms with Crippen LogP contribution in [0.1, 0.15) is 5.56 Å². The van der Waals surface area contributed by atoms with Crippen molar-refractivity contribution in [3.8, 4) is 0 Å². The fourth-order valence-electron chi connectivity index (χ4n) is 2.60. The maximum Gasteiger partial charge on any atom is 0.0471 e. The van der Waals surface area contributed by atoms with Crippen molar-refractivity contribution in [1.82, 2.24) is 9.80 Å². The normalized spacial score (nSPS) is 16.9. The molecule has 0 atom stereocenters. The summed E-state index contributed by atoms with van der Waals surface area (Å²) in [5.41, 5.74) is 8.11. The topological polar surface area (TPSA) is 35.7 Å². The average Bonchev–Trinajstić information content (AvgIpc) is 2.45. The summed E-state index contributed by atoms with van der Waals surface area (Å²) in [6.07, 6.45) is 0. The molecular formula is C15H25ClN4. The molecule has 112 valence electrons. The van der Waals surface area contributed by atoms with Gasteiger partial charge in [0.2, 0.25) is 0 Å². The summed E-state index contributed by atoms with van der Waals surface area (Å²) in [6, 6.07) is 6.05. The molecule has 20 heavy (non-hydrogen) atoms. The van der Waals surface area contributed by atoms with Gasteiger partial charge in [-0.2, -0.15) is 0 Å². The molecule has 0 aromatic heterocycles. The van der Waals surface area contributed by atoms with Crippen LogP contribution in [0.5, 0.6) is 0 Å². The quantitative estimate of drug-likeness (QED) is 0.893. The maximum absolute atomic E-state index is 6.24. The van der Waals surface area contributed by atoms with E-state index in [1.165, 1.54) is 5.69 Å². The minimum atomic E-state index is 0.496. The van der Waals surface area contributed by atoms with Crippen LogP contribution in [0.15, 0.2) is 18.2 Å². The Morgan fingerprint density at radius 1 is 1.20 bits per heavy atom. The van der Waals surface area contributed by atoms with Gasteiger partial charge < -0.3 is 15.5 Å². The van der Waals surface area contributed by atoms with Gasteiger partial charge in [0.15, 0.2) is 0 Å². The number of piperazine rings is 1. The molecule has 0 spiro atoms. The highest BCUT2D eigenvalue weighted by Gasteiger charge is 2.19. The maximum atomic E-state index is 6.24. The van der Waals surface area contributed by atoms with Gasteiger partial charge in [-0.3, -0.25) is 4.90 Å². The van der Waals surface area contributed by atoms with Gasteiger partial charge in [0, 0.05) is 62.1 Å². The van der Waals surface area contributed by atoms with Gasteiger partial charge in [-0.25, -0.2) is 0 Å². The lowest BCUT2D eigenvalue weighted by atomic mass is 10.1. The zero-order valence-corrected chi connectivity index (χ0v) is 13.2. The van der Waals surface area contributed by atoms with E-state index in [4.69, 9.17) is 17.3 Å². The number of halogens is 1. The smallest absolute Gasteiger partial charge is 0.0471 e. The van der Waals surface area contributed by atoms with Gasteiger partial charge in [-0.15, -0.1) is 0 Å². The van der Waals surface area contributed by atoms with Crippen LogP contribution in [0.25, 0.3) is 0 Å². The first-order chi connectivity index (χ1) is 9.61. The first-order valence-electron chi connectivity index (χ1n) is 7.21. The van der Waals surface area contributed by atoms with Crippen LogP contribution in [0, 0.1) is 0 Å². The van der Waals surface area contributed by atoms with Crippen LogP contribution in [0.2, 0.25) is 5.02 Å². The summed E-state index contributed by atoms with van der Waals surface area (Å²) in [7, 11) is 4.24. The molecule has 1 aliphatic rings. The Morgan fingerprint density at radius 3 is 2.50 bits per heavy atom. The third-order valence-corrected chi connectivity index (χ3v) is 4.23. The fourth-order valence-corrected chi connectivity index (χ4v) is 2.85. The predicted octanol–water partition coefficient (Wildman–Crippen LogP) is 1.48. The van der Waals surface area contributed by atoms with Crippen molar-refractivity contribution in [2.24, 2.45) is 5.73 Å². The van der Waals surface area contributed by atoms with E-state index >= 15 is 0 Å². The second-order valence-electron chi connectivity index (χ2n) is 5.57. The van der Waals surface area contributed by atoms with E-state index < -0.39 is 0 Å². The van der Waals surface area contributed by atoms with Crippen molar-refractivity contribution in [3.63, 3.8) is 0 Å². The summed E-state index contributed by atoms with van der Waals surface area (Å²) < 4.78 is 0. The van der Waals surface area contributed by atoms with E-state index in [9.17, 15) is 0 Å². The van der Waals surface area contributed by atoms with Crippen molar-refractivity contribution in [1.29, 1.82) is 0 Å². The Labute approximate surface area is 127 Å². The summed E-state index contributed by atoms with van der Waals surface area (Å²) in [5.74, 6) is 0. The van der Waals surface area contributed by atoms with Gasteiger partial charge in [0.1, 0.15) is 0 Å². The standard InChI is InChI=1S/C15H25ClN4/c1-18(2)6-7-19-8-10-20(11-9-19)15-5-3-4-14(16)13(15)12-17/h3-5H,6-12,17H2,1-2H3. The first-order valence-corrected chi connectivity index (χ1v) is 7.59. The molecule has 0 unspecified atom stereocenters. The van der Waals surface area contributed by atoms with Gasteiger partial charge >= 0.3 is 0 Å². The van der Waals surface area contributed by atoms with Crippen LogP contribution >= 0.6 is 11.6 Å². The number of nitrogens with zero attached hydrogens (tertiary/aromatic N) is 3. The molecule has 0 aliphatic carbocycles. The molecule has 1 aromatic carbocycles. The predicted molar refractivity (Wildman–Crippen MR) is 86.6 cm³/mol. The lowest BCUT2D eigenvalue weighted by molar-refractivity contribution is 0.229. The summed E-state index contributed by atoms with van der Waals surface area (Å²) in [6.45, 7) is 7.04. The van der Waals surface area contributed by atoms with E-state index in [1.807, 2.05) is 12.1 Å². The monoisotopic (exact) mass is 296 g/mol. The van der Waals surface area contributed by atoms with Crippen LogP contribution in [-0.2, 0) is 6.54 Å². The van der Waals surface area contributed by atoms with Crippen molar-refractivity contribution in [2.45, 2.75) is 6.54 Å². The molecule has 1 aromatic rings. The minimum Gasteiger partial charge on any atom is -0.369 e. The molecular weight excluding hydrogens is 272 g/mol. The molecule has 2 rings (SSSR count). The molecule has 0 bridgehead atoms. The van der Waals surface area contributed by atoms with Gasteiger partial charge in [-0.1, -0.05) is 17.7 Å². The number of hydrogen-bond acceptors (Lipinski definition) is 4. The molecule has 0 amide bonds. The number of nitrogens with two attached hydrogens (primary N) is 1. The van der Waals surface area contributed by atoms with E-state index in [1.54, 1.807) is 0 Å². The number of rotatable bonds is 5. The second-order valence-corrected chi connectivity index (χ2v) is 5.98. The van der Waals surface area contributed by atoms with Crippen molar-refractivity contribution < 1.29 is 0 Å². The lowest BCUT2D eigenvalue weighted by Gasteiger charge is -2.37. The third-order valence-electron chi connectivity index (χ3n) is 3.87. The molecule has 1 saturated heterocycles. The van der Waals surface area contributed by atoms with E-state index in [0.29, 0.717) is 6.54 Å². The largest absolute Gasteiger partial charge is 0.369 e. The van der Waals surface area contributed by atoms with Gasteiger partial charge in [0.25, 0.3) is 0 Å². The minimum absolute atomic E-state index is 0.496. The van der Waals surface area contributed by atoms with Crippen LogP contribution < -0.4 is 10.6 Å². The summed E-state index contributed by atoms with van der Waals surface area (Å²) >= 11 is 6.24. The van der Waals surface area contributed by atoms with E-state index in [2.05, 4.69) is 34.9 Å². The zero-order valence-electron chi connectivity index (χ0n) is 12.5. The van der Waals surface area contributed by atoms with Crippen molar-refractivity contribution >= 4 is 17.3 Å². The fraction of sp³-hybridized carbons (Fsp3) is 0.600. The summed E-state index contributed by atoms with van der Waals surface area (Å²) in [4.78, 5) is 7.15. The molecule has 1 heterocycles. The molecule has 1 fully saturated rings. The molecule has 0 radical (unpaired) electrons. The highest BCUT2D eigenvalue weighted by atomic mass is 35.5. The van der Waals surface area contributed by atoms with Gasteiger partial charge in [0.05, 0.1) is 0 Å². The Balaban J connectivity index is 1.95. The zero-order chi connectivity index (χ0) is 14.5. The number of anilines is 1. The Hall–Kier alpha value is -0.810. The molecule has 5 heteroatoms. The number of benzene rings is 1. The molecule has 1 aliphatic heterocycles. The Bertz CT molecular complexity index is 428. The van der Waals surface area contributed by atoms with E-state index in [0.717, 1.165) is 49.9 Å². The average molecular weight is 297 g/mol. The third kappa shape index (κ3) is 3.85. The van der Waals surface area contributed by atoms with Gasteiger partial charge in [-0.05, 0) is 26.2 Å². The van der Waals surface area contributed by atoms with Crippen LogP contribution in [0.4, 0.5) is 5.69 Å². The molecule has 0 saturated carbocycles. The Morgan fingerprint density at radius 2 is 1.90 bits per heavy atom. The summed E-state index contributed by atoms with van der Waals surface area (Å²) in [5, 5.41) is 0.778. The Kier molecular flexibility index (Phi) is 5.66. The van der Waals surface area contributed by atoms with E-state index in [-0.39, 0.29) is 0 Å². The molecule has 2 N–H and O–H groups in total. The molecule has 4 nitrogen and oxygen atoms in total.